The SMILES string of the molecule is Nc1cncc(-c2ccc3[nH]nc(-c4nc5c(-c6ccc7c(c6)OCO7)nccc5[nH]4)c3n2)c1. The lowest BCUT2D eigenvalue weighted by Gasteiger charge is -2.03. The smallest absolute Gasteiger partial charge is 0.231 e. The summed E-state index contributed by atoms with van der Waals surface area (Å²) in [6.45, 7) is 0.218. The van der Waals surface area contributed by atoms with Gasteiger partial charge in [0.15, 0.2) is 23.0 Å². The first-order valence-corrected chi connectivity index (χ1v) is 10.5. The number of hydrogen-bond acceptors (Lipinski definition) is 8. The highest BCUT2D eigenvalue weighted by Crippen LogP contribution is 2.37. The third-order valence-corrected chi connectivity index (χ3v) is 5.73. The minimum atomic E-state index is 0.218. The molecule has 1 aliphatic heterocycles. The topological polar surface area (TPSA) is 141 Å². The van der Waals surface area contributed by atoms with Gasteiger partial charge in [-0.2, -0.15) is 5.10 Å². The van der Waals surface area contributed by atoms with Gasteiger partial charge in [0.2, 0.25) is 6.79 Å². The van der Waals surface area contributed by atoms with E-state index in [0.29, 0.717) is 28.5 Å². The van der Waals surface area contributed by atoms with Crippen molar-refractivity contribution < 1.29 is 9.47 Å². The number of anilines is 1. The molecule has 10 heteroatoms. The Kier molecular flexibility index (Phi) is 3.83. The van der Waals surface area contributed by atoms with Crippen LogP contribution in [0.4, 0.5) is 5.69 Å². The number of nitrogens with one attached hydrogen (secondary N) is 2. The minimum absolute atomic E-state index is 0.218. The number of ether oxygens (including phenoxy) is 2. The zero-order valence-electron chi connectivity index (χ0n) is 17.6. The number of nitrogens with two attached hydrogens (primary N) is 1. The molecule has 0 bridgehead atoms. The second kappa shape index (κ2) is 7.01. The van der Waals surface area contributed by atoms with E-state index in [-0.39, 0.29) is 6.79 Å². The summed E-state index contributed by atoms with van der Waals surface area (Å²) in [5, 5.41) is 7.52. The van der Waals surface area contributed by atoms with E-state index in [1.165, 1.54) is 0 Å². The molecule has 0 radical (unpaired) electrons. The lowest BCUT2D eigenvalue weighted by molar-refractivity contribution is 0.174. The number of aromatic amines is 2. The van der Waals surface area contributed by atoms with E-state index >= 15 is 0 Å². The first kappa shape index (κ1) is 18.6. The van der Waals surface area contributed by atoms with Crippen LogP contribution in [0.3, 0.4) is 0 Å². The second-order valence-electron chi connectivity index (χ2n) is 7.88. The highest BCUT2D eigenvalue weighted by atomic mass is 16.7. The number of hydrogen-bond donors (Lipinski definition) is 3. The highest BCUT2D eigenvalue weighted by Gasteiger charge is 2.19. The predicted octanol–water partition coefficient (Wildman–Crippen LogP) is 3.94. The Bertz CT molecular complexity index is 1720. The number of pyridine rings is 3. The maximum atomic E-state index is 5.90. The van der Waals surface area contributed by atoms with Crippen LogP contribution in [-0.4, -0.2) is 41.9 Å². The molecule has 4 N–H and O–H groups in total. The molecule has 6 heterocycles. The fourth-order valence-corrected chi connectivity index (χ4v) is 4.13. The Balaban J connectivity index is 1.36. The van der Waals surface area contributed by atoms with Crippen molar-refractivity contribution in [3.63, 3.8) is 0 Å². The molecule has 0 fully saturated rings. The van der Waals surface area contributed by atoms with Gasteiger partial charge in [-0.15, -0.1) is 0 Å². The number of imidazole rings is 1. The van der Waals surface area contributed by atoms with E-state index in [0.717, 1.165) is 44.8 Å². The van der Waals surface area contributed by atoms with Gasteiger partial charge in [0, 0.05) is 29.7 Å². The van der Waals surface area contributed by atoms with Gasteiger partial charge >= 0.3 is 0 Å². The molecular weight excluding hydrogens is 432 g/mol. The van der Waals surface area contributed by atoms with Crippen molar-refractivity contribution in [3.8, 4) is 45.5 Å². The molecule has 164 valence electrons. The summed E-state index contributed by atoms with van der Waals surface area (Å²) in [7, 11) is 0. The fourth-order valence-electron chi connectivity index (χ4n) is 4.13. The zero-order valence-corrected chi connectivity index (χ0v) is 17.6. The quantitative estimate of drug-likeness (QED) is 0.370. The third kappa shape index (κ3) is 2.85. The summed E-state index contributed by atoms with van der Waals surface area (Å²) >= 11 is 0. The number of nitrogen functional groups attached to an aromatic ring is 1. The van der Waals surface area contributed by atoms with Crippen LogP contribution in [0.2, 0.25) is 0 Å². The molecule has 34 heavy (non-hydrogen) atoms. The van der Waals surface area contributed by atoms with Gasteiger partial charge in [-0.05, 0) is 42.5 Å². The van der Waals surface area contributed by atoms with Crippen molar-refractivity contribution in [1.29, 1.82) is 0 Å². The number of aromatic nitrogens is 7. The van der Waals surface area contributed by atoms with Crippen molar-refractivity contribution in [3.05, 3.63) is 61.1 Å². The van der Waals surface area contributed by atoms with Crippen molar-refractivity contribution in [2.45, 2.75) is 0 Å². The fraction of sp³-hybridized carbons (Fsp3) is 0.0417. The molecular formula is C24H16N8O2. The van der Waals surface area contributed by atoms with E-state index in [4.69, 9.17) is 25.2 Å². The van der Waals surface area contributed by atoms with Crippen LogP contribution in [-0.2, 0) is 0 Å². The number of H-pyrrole nitrogens is 2. The van der Waals surface area contributed by atoms with Gasteiger partial charge < -0.3 is 20.2 Å². The van der Waals surface area contributed by atoms with E-state index in [9.17, 15) is 0 Å². The van der Waals surface area contributed by atoms with Crippen molar-refractivity contribution >= 4 is 27.8 Å². The standard InChI is InChI=1S/C24H16N8O2/c25-14-7-13(9-26-10-14)15-2-3-17-22(28-15)23(32-31-17)24-29-16-5-6-27-20(21(16)30-24)12-1-4-18-19(8-12)34-11-33-18/h1-10H,11,25H2,(H,29,30)(H,31,32). The lowest BCUT2D eigenvalue weighted by Crippen LogP contribution is -1.92. The Morgan fingerprint density at radius 2 is 1.74 bits per heavy atom. The van der Waals surface area contributed by atoms with E-state index in [1.54, 1.807) is 18.6 Å². The maximum Gasteiger partial charge on any atom is 0.231 e. The van der Waals surface area contributed by atoms with Gasteiger partial charge in [-0.1, -0.05) is 0 Å². The van der Waals surface area contributed by atoms with Crippen LogP contribution in [0.15, 0.2) is 61.1 Å². The molecule has 1 aliphatic rings. The average Bonchev–Trinajstić information content (AvgIpc) is 3.60. The first-order chi connectivity index (χ1) is 16.7. The number of rotatable bonds is 3. The maximum absolute atomic E-state index is 5.90. The summed E-state index contributed by atoms with van der Waals surface area (Å²) in [6, 6.07) is 13.3. The minimum Gasteiger partial charge on any atom is -0.454 e. The molecule has 0 amide bonds. The molecule has 7 rings (SSSR count). The molecule has 1 aromatic carbocycles. The van der Waals surface area contributed by atoms with Crippen LogP contribution >= 0.6 is 0 Å². The molecule has 0 saturated heterocycles. The number of nitrogens with zero attached hydrogens (tertiary/aromatic N) is 5. The van der Waals surface area contributed by atoms with Crippen LogP contribution < -0.4 is 15.2 Å². The average molecular weight is 448 g/mol. The molecule has 0 spiro atoms. The Hall–Kier alpha value is -4.99. The summed E-state index contributed by atoms with van der Waals surface area (Å²) in [5.74, 6) is 2.00. The summed E-state index contributed by atoms with van der Waals surface area (Å²) in [5.41, 5.74) is 13.3. The van der Waals surface area contributed by atoms with E-state index < -0.39 is 0 Å². The number of benzene rings is 1. The summed E-state index contributed by atoms with van der Waals surface area (Å²) < 4.78 is 11.0. The Morgan fingerprint density at radius 3 is 2.68 bits per heavy atom. The second-order valence-corrected chi connectivity index (χ2v) is 7.88. The van der Waals surface area contributed by atoms with Crippen LogP contribution in [0.5, 0.6) is 11.5 Å². The molecule has 0 atom stereocenters. The van der Waals surface area contributed by atoms with Crippen LogP contribution in [0.25, 0.3) is 56.1 Å². The molecule has 6 aromatic rings. The zero-order chi connectivity index (χ0) is 22.6. The molecule has 10 nitrogen and oxygen atoms in total. The summed E-state index contributed by atoms with van der Waals surface area (Å²) in [6.07, 6.45) is 5.08. The summed E-state index contributed by atoms with van der Waals surface area (Å²) in [4.78, 5) is 21.8. The predicted molar refractivity (Wildman–Crippen MR) is 126 cm³/mol. The molecule has 0 saturated carbocycles. The van der Waals surface area contributed by atoms with E-state index in [1.807, 2.05) is 42.5 Å². The highest BCUT2D eigenvalue weighted by molar-refractivity contribution is 5.95. The Morgan fingerprint density at radius 1 is 0.824 bits per heavy atom. The molecule has 5 aromatic heterocycles. The number of fused-ring (bicyclic) bond motifs is 3. The van der Waals surface area contributed by atoms with Gasteiger partial charge in [-0.3, -0.25) is 15.1 Å². The van der Waals surface area contributed by atoms with Crippen molar-refractivity contribution in [2.75, 3.05) is 12.5 Å². The van der Waals surface area contributed by atoms with E-state index in [2.05, 4.69) is 25.1 Å². The lowest BCUT2D eigenvalue weighted by atomic mass is 10.1. The van der Waals surface area contributed by atoms with Gasteiger partial charge in [0.05, 0.1) is 28.1 Å². The van der Waals surface area contributed by atoms with Crippen molar-refractivity contribution in [2.24, 2.45) is 0 Å². The Labute approximate surface area is 191 Å². The van der Waals surface area contributed by atoms with Crippen LogP contribution in [0.1, 0.15) is 0 Å². The third-order valence-electron chi connectivity index (χ3n) is 5.73. The first-order valence-electron chi connectivity index (χ1n) is 10.5. The van der Waals surface area contributed by atoms with Gasteiger partial charge in [-0.25, -0.2) is 9.97 Å². The monoisotopic (exact) mass is 448 g/mol. The van der Waals surface area contributed by atoms with Gasteiger partial charge in [0.25, 0.3) is 0 Å². The normalized spacial score (nSPS) is 12.6. The molecule has 0 aliphatic carbocycles. The largest absolute Gasteiger partial charge is 0.454 e. The molecule has 0 unspecified atom stereocenters. The van der Waals surface area contributed by atoms with Gasteiger partial charge in [0.1, 0.15) is 11.0 Å². The van der Waals surface area contributed by atoms with Crippen molar-refractivity contribution in [1.82, 2.24) is 35.1 Å². The van der Waals surface area contributed by atoms with Crippen LogP contribution in [0, 0.1) is 0 Å².